The zero-order valence-electron chi connectivity index (χ0n) is 21.6. The largest absolute Gasteiger partial charge is 0.295 e. The van der Waals surface area contributed by atoms with Crippen molar-refractivity contribution in [3.63, 3.8) is 0 Å². The summed E-state index contributed by atoms with van der Waals surface area (Å²) in [5, 5.41) is 0.264. The smallest absolute Gasteiger partial charge is 0.282 e. The molecule has 0 spiro atoms. The first kappa shape index (κ1) is 27.4. The van der Waals surface area contributed by atoms with Gasteiger partial charge in [0.1, 0.15) is 9.79 Å². The van der Waals surface area contributed by atoms with E-state index in [0.29, 0.717) is 10.5 Å². The number of hydrogen-bond donors (Lipinski definition) is 2. The van der Waals surface area contributed by atoms with Crippen LogP contribution in [0.4, 0.5) is 5.69 Å². The van der Waals surface area contributed by atoms with Crippen LogP contribution < -0.4 is 4.90 Å². The lowest BCUT2D eigenvalue weighted by atomic mass is 9.86. The van der Waals surface area contributed by atoms with E-state index in [2.05, 4.69) is 0 Å². The van der Waals surface area contributed by atoms with E-state index in [1.54, 1.807) is 6.92 Å². The molecule has 4 amide bonds. The minimum absolute atomic E-state index is 0.0278. The molecule has 0 fully saturated rings. The van der Waals surface area contributed by atoms with E-state index >= 15 is 0 Å². The van der Waals surface area contributed by atoms with Crippen molar-refractivity contribution in [3.05, 3.63) is 88.5 Å². The Morgan fingerprint density at radius 2 is 0.929 bits per heavy atom. The summed E-state index contributed by atoms with van der Waals surface area (Å²) >= 11 is 0. The number of amides is 4. The maximum absolute atomic E-state index is 13.7. The lowest BCUT2D eigenvalue weighted by Gasteiger charge is -2.31. The van der Waals surface area contributed by atoms with Crippen LogP contribution in [-0.2, 0) is 20.2 Å². The van der Waals surface area contributed by atoms with Gasteiger partial charge in [0, 0.05) is 51.2 Å². The molecule has 4 aromatic carbocycles. The van der Waals surface area contributed by atoms with Crippen LogP contribution in [0.3, 0.4) is 0 Å². The molecule has 14 heteroatoms. The minimum Gasteiger partial charge on any atom is -0.282 e. The fourth-order valence-electron chi connectivity index (χ4n) is 5.38. The first-order chi connectivity index (χ1) is 19.6. The zero-order chi connectivity index (χ0) is 30.5. The van der Waals surface area contributed by atoms with Crippen molar-refractivity contribution in [1.82, 2.24) is 4.90 Å². The molecule has 4 aromatic rings. The predicted molar refractivity (Wildman–Crippen MR) is 148 cm³/mol. The number of imide groups is 2. The molecule has 2 aliphatic rings. The molecule has 0 atom stereocenters. The van der Waals surface area contributed by atoms with Gasteiger partial charge in [0.2, 0.25) is 0 Å². The maximum atomic E-state index is 13.7. The number of rotatable bonds is 4. The second-order valence-corrected chi connectivity index (χ2v) is 12.6. The van der Waals surface area contributed by atoms with Crippen molar-refractivity contribution < 1.29 is 45.1 Å². The normalized spacial score (nSPS) is 15.1. The summed E-state index contributed by atoms with van der Waals surface area (Å²) in [6.07, 6.45) is 0. The molecule has 0 radical (unpaired) electrons. The highest BCUT2D eigenvalue weighted by molar-refractivity contribution is 7.86. The second-order valence-electron chi connectivity index (χ2n) is 9.82. The van der Waals surface area contributed by atoms with Gasteiger partial charge in [-0.15, -0.1) is 0 Å². The van der Waals surface area contributed by atoms with Gasteiger partial charge >= 0.3 is 0 Å². The van der Waals surface area contributed by atoms with Gasteiger partial charge in [-0.2, -0.15) is 16.8 Å². The van der Waals surface area contributed by atoms with Gasteiger partial charge < -0.3 is 0 Å². The highest BCUT2D eigenvalue weighted by Crippen LogP contribution is 2.41. The molecule has 6 rings (SSSR count). The Labute approximate surface area is 238 Å². The molecular formula is C28H18N2O10S2. The molecule has 0 unspecified atom stereocenters. The molecule has 212 valence electrons. The number of carbonyl (C=O) groups is 4. The number of nitrogens with zero attached hydrogens (tertiary/aromatic N) is 2. The molecule has 0 aliphatic carbocycles. The van der Waals surface area contributed by atoms with Gasteiger partial charge in [0.25, 0.3) is 43.9 Å². The molecule has 2 heterocycles. The number of aryl methyl sites for hydroxylation is 1. The Kier molecular flexibility index (Phi) is 5.79. The summed E-state index contributed by atoms with van der Waals surface area (Å²) in [6, 6.07) is 12.3. The summed E-state index contributed by atoms with van der Waals surface area (Å²) < 4.78 is 69.0. The summed E-state index contributed by atoms with van der Waals surface area (Å²) in [7, 11) is -8.60. The summed E-state index contributed by atoms with van der Waals surface area (Å²) in [6.45, 7) is 1.55. The topological polar surface area (TPSA) is 183 Å². The molecule has 0 bridgehead atoms. The summed E-state index contributed by atoms with van der Waals surface area (Å²) in [5.74, 6) is -2.99. The zero-order valence-corrected chi connectivity index (χ0v) is 23.3. The third kappa shape index (κ3) is 3.88. The van der Waals surface area contributed by atoms with E-state index in [1.807, 2.05) is 0 Å². The van der Waals surface area contributed by atoms with E-state index in [1.165, 1.54) is 49.5 Å². The first-order valence-corrected chi connectivity index (χ1v) is 15.0. The molecule has 0 saturated heterocycles. The van der Waals surface area contributed by atoms with Crippen molar-refractivity contribution in [2.24, 2.45) is 0 Å². The second kappa shape index (κ2) is 8.87. The van der Waals surface area contributed by atoms with Crippen LogP contribution in [0.2, 0.25) is 0 Å². The monoisotopic (exact) mass is 606 g/mol. The quantitative estimate of drug-likeness (QED) is 0.258. The van der Waals surface area contributed by atoms with Gasteiger partial charge in [-0.05, 0) is 55.0 Å². The lowest BCUT2D eigenvalue weighted by Crippen LogP contribution is -2.42. The Balaban J connectivity index is 1.56. The van der Waals surface area contributed by atoms with Crippen LogP contribution in [0, 0.1) is 6.92 Å². The molecule has 12 nitrogen and oxygen atoms in total. The van der Waals surface area contributed by atoms with E-state index < -0.39 is 53.7 Å². The van der Waals surface area contributed by atoms with E-state index in [0.717, 1.165) is 23.1 Å². The minimum atomic E-state index is -5.08. The molecule has 0 aromatic heterocycles. The molecule has 0 saturated carbocycles. The van der Waals surface area contributed by atoms with Crippen molar-refractivity contribution in [2.75, 3.05) is 11.9 Å². The lowest BCUT2D eigenvalue weighted by molar-refractivity contribution is 0.0649. The van der Waals surface area contributed by atoms with Crippen molar-refractivity contribution >= 4 is 60.3 Å². The standard InChI is InChI=1S/C28H18N2O10S2/c1-13-3-5-15(21(11-13)41(35,36)37)16-6-4-14(12-22(16)42(38,39)40)30-27(33)19-9-7-17-23-18(26(32)29(2)25(17)31)8-10-20(24(19)23)28(30)34/h3-12H,1-2H3,(H,35,36,37)(H,38,39,40). The third-order valence-electron chi connectivity index (χ3n) is 7.30. The highest BCUT2D eigenvalue weighted by atomic mass is 32.2. The van der Waals surface area contributed by atoms with Gasteiger partial charge in [0.15, 0.2) is 0 Å². The summed E-state index contributed by atoms with van der Waals surface area (Å²) in [4.78, 5) is 53.1. The van der Waals surface area contributed by atoms with E-state index in [4.69, 9.17) is 0 Å². The third-order valence-corrected chi connectivity index (χ3v) is 9.09. The van der Waals surface area contributed by atoms with Crippen molar-refractivity contribution in [2.45, 2.75) is 16.7 Å². The van der Waals surface area contributed by atoms with Gasteiger partial charge in [0.05, 0.1) is 5.69 Å². The molecule has 42 heavy (non-hydrogen) atoms. The highest BCUT2D eigenvalue weighted by Gasteiger charge is 2.39. The maximum Gasteiger partial charge on any atom is 0.295 e. The van der Waals surface area contributed by atoms with Crippen LogP contribution in [0.1, 0.15) is 47.0 Å². The van der Waals surface area contributed by atoms with Gasteiger partial charge in [-0.3, -0.25) is 33.2 Å². The predicted octanol–water partition coefficient (Wildman–Crippen LogP) is 3.34. The average Bonchev–Trinajstić information content (AvgIpc) is 2.92. The molecular weight excluding hydrogens is 588 g/mol. The average molecular weight is 607 g/mol. The van der Waals surface area contributed by atoms with Crippen molar-refractivity contribution in [1.29, 1.82) is 0 Å². The molecule has 2 aliphatic heterocycles. The number of benzene rings is 4. The first-order valence-electron chi connectivity index (χ1n) is 12.1. The summed E-state index contributed by atoms with van der Waals surface area (Å²) in [5.41, 5.74) is -0.184. The van der Waals surface area contributed by atoms with Crippen LogP contribution in [0.15, 0.2) is 70.5 Å². The number of anilines is 1. The Hall–Kier alpha value is -4.76. The van der Waals surface area contributed by atoms with Crippen LogP contribution in [0.25, 0.3) is 21.9 Å². The van der Waals surface area contributed by atoms with Gasteiger partial charge in [-0.1, -0.05) is 18.2 Å². The number of carbonyl (C=O) groups excluding carboxylic acids is 4. The fourth-order valence-corrected chi connectivity index (χ4v) is 6.90. The van der Waals surface area contributed by atoms with Crippen LogP contribution in [-0.4, -0.2) is 61.5 Å². The van der Waals surface area contributed by atoms with Gasteiger partial charge in [-0.25, -0.2) is 4.90 Å². The SMILES string of the molecule is Cc1ccc(-c2ccc(N3C(=O)c4ccc5c6c(ccc(c46)C3=O)C(=O)N(C)C5=O)cc2S(=O)(=O)O)c(S(=O)(=O)O)c1. The van der Waals surface area contributed by atoms with Crippen LogP contribution in [0.5, 0.6) is 0 Å². The Morgan fingerprint density at radius 3 is 1.38 bits per heavy atom. The van der Waals surface area contributed by atoms with E-state index in [9.17, 15) is 45.1 Å². The van der Waals surface area contributed by atoms with E-state index in [-0.39, 0.29) is 49.8 Å². The van der Waals surface area contributed by atoms with Crippen molar-refractivity contribution in [3.8, 4) is 11.1 Å². The fraction of sp³-hybridized carbons (Fsp3) is 0.0714. The number of hydrogen-bond acceptors (Lipinski definition) is 8. The molecule has 2 N–H and O–H groups in total. The Morgan fingerprint density at radius 1 is 0.548 bits per heavy atom. The Bertz CT molecular complexity index is 2130. The van der Waals surface area contributed by atoms with Crippen LogP contribution >= 0.6 is 0 Å².